The first kappa shape index (κ1) is 11.8. The Hall–Kier alpha value is -2.27. The van der Waals surface area contributed by atoms with Crippen LogP contribution in [0.3, 0.4) is 0 Å². The number of para-hydroxylation sites is 2. The van der Waals surface area contributed by atoms with Gasteiger partial charge >= 0.3 is 5.97 Å². The minimum absolute atomic E-state index is 0.183. The van der Waals surface area contributed by atoms with Crippen LogP contribution in [-0.4, -0.2) is 20.6 Å². The van der Waals surface area contributed by atoms with Crippen molar-refractivity contribution in [1.29, 1.82) is 0 Å². The highest BCUT2D eigenvalue weighted by atomic mass is 35.5. The first-order chi connectivity index (χ1) is 9.16. The summed E-state index contributed by atoms with van der Waals surface area (Å²) in [7, 11) is 0. The Kier molecular flexibility index (Phi) is 2.76. The van der Waals surface area contributed by atoms with Crippen LogP contribution in [0, 0.1) is 0 Å². The molecule has 6 heteroatoms. The summed E-state index contributed by atoms with van der Waals surface area (Å²) in [5.41, 5.74) is 2.05. The number of fused-ring (bicyclic) bond motifs is 1. The van der Waals surface area contributed by atoms with E-state index in [0.29, 0.717) is 11.4 Å². The number of imidazole rings is 1. The summed E-state index contributed by atoms with van der Waals surface area (Å²) in [6, 6.07) is 9.00. The van der Waals surface area contributed by atoms with Crippen LogP contribution >= 0.6 is 11.6 Å². The maximum atomic E-state index is 11.0. The molecule has 0 fully saturated rings. The Morgan fingerprint density at radius 2 is 2.16 bits per heavy atom. The molecule has 0 saturated heterocycles. The number of benzene rings is 1. The van der Waals surface area contributed by atoms with Crippen molar-refractivity contribution in [3.63, 3.8) is 0 Å². The molecule has 3 aromatic rings. The number of carboxylic acid groups (broad SMARTS) is 1. The van der Waals surface area contributed by atoms with Gasteiger partial charge in [-0.2, -0.15) is 0 Å². The quantitative estimate of drug-likeness (QED) is 0.798. The van der Waals surface area contributed by atoms with Crippen molar-refractivity contribution in [3.8, 4) is 11.4 Å². The molecule has 2 heterocycles. The summed E-state index contributed by atoms with van der Waals surface area (Å²) in [6.45, 7) is -0.183. The van der Waals surface area contributed by atoms with E-state index in [1.165, 1.54) is 6.26 Å². The van der Waals surface area contributed by atoms with E-state index in [9.17, 15) is 4.79 Å². The third-order valence-electron chi connectivity index (χ3n) is 2.81. The van der Waals surface area contributed by atoms with Gasteiger partial charge in [-0.05, 0) is 29.8 Å². The Bertz CT molecular complexity index is 760. The standard InChI is InChI=1S/C13H9ClN2O3/c14-12-8(5-6-19-12)13-15-9-3-1-2-4-10(9)16(13)7-11(17)18/h1-6H,7H2,(H,17,18). The zero-order valence-corrected chi connectivity index (χ0v) is 10.5. The molecule has 2 aromatic heterocycles. The van der Waals surface area contributed by atoms with Crippen LogP contribution < -0.4 is 0 Å². The monoisotopic (exact) mass is 276 g/mol. The molecule has 0 aliphatic heterocycles. The summed E-state index contributed by atoms with van der Waals surface area (Å²) in [5.74, 6) is -0.452. The highest BCUT2D eigenvalue weighted by Crippen LogP contribution is 2.30. The number of halogens is 1. The van der Waals surface area contributed by atoms with Crippen molar-refractivity contribution in [2.24, 2.45) is 0 Å². The molecule has 0 saturated carbocycles. The number of hydrogen-bond acceptors (Lipinski definition) is 3. The van der Waals surface area contributed by atoms with E-state index in [2.05, 4.69) is 4.98 Å². The Morgan fingerprint density at radius 1 is 1.37 bits per heavy atom. The van der Waals surface area contributed by atoms with Crippen LogP contribution in [0.2, 0.25) is 5.22 Å². The van der Waals surface area contributed by atoms with Crippen molar-refractivity contribution in [1.82, 2.24) is 9.55 Å². The second-order valence-corrected chi connectivity index (χ2v) is 4.36. The lowest BCUT2D eigenvalue weighted by Crippen LogP contribution is -2.09. The van der Waals surface area contributed by atoms with Crippen molar-refractivity contribution in [3.05, 3.63) is 41.8 Å². The highest BCUT2D eigenvalue weighted by molar-refractivity contribution is 6.31. The van der Waals surface area contributed by atoms with Crippen LogP contribution in [0.25, 0.3) is 22.4 Å². The summed E-state index contributed by atoms with van der Waals surface area (Å²) < 4.78 is 6.65. The molecular formula is C13H9ClN2O3. The fraction of sp³-hybridized carbons (Fsp3) is 0.0769. The number of hydrogen-bond donors (Lipinski definition) is 1. The van der Waals surface area contributed by atoms with Gasteiger partial charge in [-0.3, -0.25) is 4.79 Å². The largest absolute Gasteiger partial charge is 0.480 e. The molecule has 0 bridgehead atoms. The predicted octanol–water partition coefficient (Wildman–Crippen LogP) is 3.03. The SMILES string of the molecule is O=C(O)Cn1c(-c2ccoc2Cl)nc2ccccc21. The molecule has 96 valence electrons. The lowest BCUT2D eigenvalue weighted by molar-refractivity contribution is -0.137. The maximum Gasteiger partial charge on any atom is 0.323 e. The minimum atomic E-state index is -0.941. The van der Waals surface area contributed by atoms with Gasteiger partial charge in [0.05, 0.1) is 22.9 Å². The number of carbonyl (C=O) groups is 1. The first-order valence-electron chi connectivity index (χ1n) is 5.57. The normalized spacial score (nSPS) is 11.0. The van der Waals surface area contributed by atoms with Gasteiger partial charge in [0.1, 0.15) is 12.4 Å². The van der Waals surface area contributed by atoms with E-state index in [1.54, 1.807) is 10.6 Å². The molecule has 0 aliphatic rings. The molecule has 0 radical (unpaired) electrons. The number of nitrogens with zero attached hydrogens (tertiary/aromatic N) is 2. The summed E-state index contributed by atoms with van der Waals surface area (Å²) >= 11 is 5.94. The number of carboxylic acids is 1. The fourth-order valence-electron chi connectivity index (χ4n) is 2.03. The number of rotatable bonds is 3. The van der Waals surface area contributed by atoms with Gasteiger partial charge in [-0.1, -0.05) is 12.1 Å². The van der Waals surface area contributed by atoms with Crippen LogP contribution in [0.4, 0.5) is 0 Å². The van der Waals surface area contributed by atoms with Gasteiger partial charge in [-0.15, -0.1) is 0 Å². The summed E-state index contributed by atoms with van der Waals surface area (Å²) in [5, 5.41) is 9.23. The van der Waals surface area contributed by atoms with Crippen LogP contribution in [0.1, 0.15) is 0 Å². The molecule has 19 heavy (non-hydrogen) atoms. The molecule has 0 aliphatic carbocycles. The fourth-order valence-corrected chi connectivity index (χ4v) is 2.23. The van der Waals surface area contributed by atoms with Crippen molar-refractivity contribution in [2.75, 3.05) is 0 Å². The third-order valence-corrected chi connectivity index (χ3v) is 3.10. The molecule has 0 unspecified atom stereocenters. The smallest absolute Gasteiger partial charge is 0.323 e. The van der Waals surface area contributed by atoms with Gasteiger partial charge < -0.3 is 14.1 Å². The van der Waals surface area contributed by atoms with Crippen molar-refractivity contribution < 1.29 is 14.3 Å². The van der Waals surface area contributed by atoms with Crippen molar-refractivity contribution in [2.45, 2.75) is 6.54 Å². The number of aromatic nitrogens is 2. The Morgan fingerprint density at radius 3 is 2.84 bits per heavy atom. The van der Waals surface area contributed by atoms with E-state index in [-0.39, 0.29) is 11.8 Å². The Balaban J connectivity index is 2.28. The van der Waals surface area contributed by atoms with Crippen molar-refractivity contribution >= 4 is 28.6 Å². The van der Waals surface area contributed by atoms with Crippen LogP contribution in [0.15, 0.2) is 41.0 Å². The van der Waals surface area contributed by atoms with Crippen LogP contribution in [-0.2, 0) is 11.3 Å². The summed E-state index contributed by atoms with van der Waals surface area (Å²) in [4.78, 5) is 15.4. The molecular weight excluding hydrogens is 268 g/mol. The molecule has 0 amide bonds. The molecule has 3 rings (SSSR count). The van der Waals surface area contributed by atoms with Gasteiger partial charge in [0.25, 0.3) is 0 Å². The molecule has 1 aromatic carbocycles. The molecule has 1 N–H and O–H groups in total. The average molecular weight is 277 g/mol. The average Bonchev–Trinajstić information content (AvgIpc) is 2.93. The van der Waals surface area contributed by atoms with E-state index >= 15 is 0 Å². The minimum Gasteiger partial charge on any atom is -0.480 e. The lowest BCUT2D eigenvalue weighted by Gasteiger charge is -2.04. The summed E-state index contributed by atoms with van der Waals surface area (Å²) in [6.07, 6.45) is 1.45. The number of furan rings is 1. The molecule has 0 atom stereocenters. The van der Waals surface area contributed by atoms with E-state index in [4.69, 9.17) is 21.1 Å². The van der Waals surface area contributed by atoms with Gasteiger partial charge in [0.2, 0.25) is 5.22 Å². The molecule has 0 spiro atoms. The maximum absolute atomic E-state index is 11.0. The van der Waals surface area contributed by atoms with Gasteiger partial charge in [0.15, 0.2) is 0 Å². The lowest BCUT2D eigenvalue weighted by atomic mass is 10.3. The predicted molar refractivity (Wildman–Crippen MR) is 70.1 cm³/mol. The third kappa shape index (κ3) is 1.98. The zero-order chi connectivity index (χ0) is 13.4. The number of aliphatic carboxylic acids is 1. The van der Waals surface area contributed by atoms with E-state index < -0.39 is 5.97 Å². The van der Waals surface area contributed by atoms with E-state index in [0.717, 1.165) is 11.0 Å². The zero-order valence-electron chi connectivity index (χ0n) is 9.71. The Labute approximate surface area is 113 Å². The van der Waals surface area contributed by atoms with Gasteiger partial charge in [-0.25, -0.2) is 4.98 Å². The first-order valence-corrected chi connectivity index (χ1v) is 5.95. The van der Waals surface area contributed by atoms with E-state index in [1.807, 2.05) is 24.3 Å². The van der Waals surface area contributed by atoms with Gasteiger partial charge in [0, 0.05) is 0 Å². The molecule has 5 nitrogen and oxygen atoms in total. The second-order valence-electron chi connectivity index (χ2n) is 4.01. The second kappa shape index (κ2) is 4.44. The van der Waals surface area contributed by atoms with Crippen LogP contribution in [0.5, 0.6) is 0 Å². The highest BCUT2D eigenvalue weighted by Gasteiger charge is 2.18. The topological polar surface area (TPSA) is 68.3 Å².